The first-order valence-corrected chi connectivity index (χ1v) is 11.8. The molecule has 3 heterocycles. The van der Waals surface area contributed by atoms with Crippen LogP contribution in [0.4, 0.5) is 5.69 Å². The van der Waals surface area contributed by atoms with Crippen LogP contribution in [0.5, 0.6) is 5.75 Å². The van der Waals surface area contributed by atoms with Gasteiger partial charge in [-0.15, -0.1) is 0 Å². The highest BCUT2D eigenvalue weighted by Crippen LogP contribution is 2.23. The average Bonchev–Trinajstić information content (AvgIpc) is 3.18. The van der Waals surface area contributed by atoms with E-state index in [1.54, 1.807) is 11.7 Å². The Hall–Kier alpha value is -2.94. The molecule has 4 rings (SSSR count). The molecule has 1 aromatic carbocycles. The first kappa shape index (κ1) is 22.3. The molecule has 170 valence electrons. The Kier molecular flexibility index (Phi) is 6.45. The summed E-state index contributed by atoms with van der Waals surface area (Å²) in [6.07, 6.45) is 0. The number of aromatic amines is 1. The lowest BCUT2D eigenvalue weighted by atomic mass is 10.2. The van der Waals surface area contributed by atoms with E-state index in [4.69, 9.17) is 4.74 Å². The van der Waals surface area contributed by atoms with Crippen LogP contribution < -0.4 is 15.2 Å². The van der Waals surface area contributed by atoms with Crippen molar-refractivity contribution < 1.29 is 9.53 Å². The van der Waals surface area contributed by atoms with E-state index >= 15 is 0 Å². The van der Waals surface area contributed by atoms with Crippen LogP contribution in [0.1, 0.15) is 25.6 Å². The topological polar surface area (TPSA) is 83.5 Å². The highest BCUT2D eigenvalue weighted by molar-refractivity contribution is 7.99. The number of thioether (sulfide) groups is 1. The summed E-state index contributed by atoms with van der Waals surface area (Å²) in [7, 11) is 1.66. The van der Waals surface area contributed by atoms with Crippen molar-refractivity contribution >= 4 is 34.4 Å². The number of ether oxygens (including phenoxy) is 1. The SMILES string of the molecule is COc1ccc(N2CCN(C(=O)CSc3nc4cc(C)[nH]c4c(=O)n3C(C)C)CC2)cc1. The van der Waals surface area contributed by atoms with Gasteiger partial charge in [-0.2, -0.15) is 0 Å². The van der Waals surface area contributed by atoms with Gasteiger partial charge in [0.2, 0.25) is 5.91 Å². The van der Waals surface area contributed by atoms with Gasteiger partial charge in [0, 0.05) is 43.6 Å². The molecule has 2 aromatic heterocycles. The number of aryl methyl sites for hydroxylation is 1. The third kappa shape index (κ3) is 4.48. The minimum Gasteiger partial charge on any atom is -0.497 e. The van der Waals surface area contributed by atoms with Gasteiger partial charge in [0.1, 0.15) is 11.3 Å². The molecule has 0 atom stereocenters. The van der Waals surface area contributed by atoms with Gasteiger partial charge in [0.05, 0.1) is 18.4 Å². The summed E-state index contributed by atoms with van der Waals surface area (Å²) in [6.45, 7) is 8.73. The molecule has 0 bridgehead atoms. The van der Waals surface area contributed by atoms with Crippen molar-refractivity contribution in [1.82, 2.24) is 19.4 Å². The Labute approximate surface area is 191 Å². The molecule has 9 heteroatoms. The zero-order valence-corrected chi connectivity index (χ0v) is 19.7. The van der Waals surface area contributed by atoms with Gasteiger partial charge in [-0.1, -0.05) is 11.8 Å². The zero-order chi connectivity index (χ0) is 22.8. The molecule has 0 saturated carbocycles. The largest absolute Gasteiger partial charge is 0.497 e. The molecule has 8 nitrogen and oxygen atoms in total. The lowest BCUT2D eigenvalue weighted by Crippen LogP contribution is -2.49. The molecule has 0 unspecified atom stereocenters. The molecule has 1 aliphatic rings. The fraction of sp³-hybridized carbons (Fsp3) is 0.435. The van der Waals surface area contributed by atoms with Crippen molar-refractivity contribution in [3.63, 3.8) is 0 Å². The van der Waals surface area contributed by atoms with Crippen LogP contribution in [0.25, 0.3) is 11.0 Å². The number of aromatic nitrogens is 3. The monoisotopic (exact) mass is 455 g/mol. The summed E-state index contributed by atoms with van der Waals surface area (Å²) >= 11 is 1.34. The molecule has 1 saturated heterocycles. The van der Waals surface area contributed by atoms with Crippen LogP contribution in [0.3, 0.4) is 0 Å². The van der Waals surface area contributed by atoms with Crippen LogP contribution in [-0.4, -0.2) is 64.4 Å². The first-order valence-electron chi connectivity index (χ1n) is 10.8. The summed E-state index contributed by atoms with van der Waals surface area (Å²) in [5.41, 5.74) is 3.09. The molecule has 0 spiro atoms. The van der Waals surface area contributed by atoms with Crippen LogP contribution in [0.15, 0.2) is 40.3 Å². The van der Waals surface area contributed by atoms with Crippen LogP contribution in [0, 0.1) is 6.92 Å². The molecule has 3 aromatic rings. The minimum absolute atomic E-state index is 0.0475. The zero-order valence-electron chi connectivity index (χ0n) is 18.9. The fourth-order valence-corrected chi connectivity index (χ4v) is 5.00. The van der Waals surface area contributed by atoms with Crippen molar-refractivity contribution in [2.75, 3.05) is 43.9 Å². The Morgan fingerprint density at radius 1 is 1.19 bits per heavy atom. The second-order valence-electron chi connectivity index (χ2n) is 8.23. The average molecular weight is 456 g/mol. The Balaban J connectivity index is 1.40. The number of benzene rings is 1. The van der Waals surface area contributed by atoms with Gasteiger partial charge >= 0.3 is 0 Å². The van der Waals surface area contributed by atoms with E-state index in [1.807, 2.05) is 56.0 Å². The Bertz CT molecular complexity index is 1160. The minimum atomic E-state index is -0.0962. The van der Waals surface area contributed by atoms with E-state index in [0.717, 1.165) is 30.2 Å². The normalized spacial score (nSPS) is 14.4. The third-order valence-corrected chi connectivity index (χ3v) is 6.63. The van der Waals surface area contributed by atoms with Gasteiger partial charge in [0.15, 0.2) is 5.16 Å². The van der Waals surface area contributed by atoms with Crippen LogP contribution >= 0.6 is 11.8 Å². The standard InChI is InChI=1S/C23H29N5O3S/c1-15(2)28-22(30)21-19(13-16(3)24-21)25-23(28)32-14-20(29)27-11-9-26(10-12-27)17-5-7-18(31-4)8-6-17/h5-8,13,15,24H,9-12,14H2,1-4H3. The molecule has 1 aliphatic heterocycles. The van der Waals surface area contributed by atoms with E-state index in [9.17, 15) is 9.59 Å². The fourth-order valence-electron chi connectivity index (χ4n) is 3.97. The van der Waals surface area contributed by atoms with Crippen molar-refractivity contribution in [1.29, 1.82) is 0 Å². The van der Waals surface area contributed by atoms with Crippen molar-refractivity contribution in [3.05, 3.63) is 46.4 Å². The van der Waals surface area contributed by atoms with Gasteiger partial charge in [0.25, 0.3) is 5.56 Å². The maximum Gasteiger partial charge on any atom is 0.278 e. The molecular formula is C23H29N5O3S. The van der Waals surface area contributed by atoms with E-state index in [1.165, 1.54) is 11.8 Å². The maximum atomic E-state index is 12.9. The van der Waals surface area contributed by atoms with Crippen LogP contribution in [-0.2, 0) is 4.79 Å². The predicted molar refractivity (Wildman–Crippen MR) is 128 cm³/mol. The number of amides is 1. The number of carbonyl (C=O) groups is 1. The molecular weight excluding hydrogens is 426 g/mol. The maximum absolute atomic E-state index is 12.9. The van der Waals surface area contributed by atoms with Crippen molar-refractivity contribution in [2.24, 2.45) is 0 Å². The molecule has 1 fully saturated rings. The van der Waals surface area contributed by atoms with E-state index in [0.29, 0.717) is 29.3 Å². The van der Waals surface area contributed by atoms with Crippen molar-refractivity contribution in [3.8, 4) is 5.75 Å². The number of hydrogen-bond acceptors (Lipinski definition) is 6. The summed E-state index contributed by atoms with van der Waals surface area (Å²) < 4.78 is 6.89. The number of carbonyl (C=O) groups excluding carboxylic acids is 1. The Morgan fingerprint density at radius 2 is 1.88 bits per heavy atom. The van der Waals surface area contributed by atoms with Crippen LogP contribution in [0.2, 0.25) is 0 Å². The number of piperazine rings is 1. The number of nitrogens with one attached hydrogen (secondary N) is 1. The highest BCUT2D eigenvalue weighted by Gasteiger charge is 2.23. The molecule has 1 N–H and O–H groups in total. The second-order valence-corrected chi connectivity index (χ2v) is 9.17. The number of methoxy groups -OCH3 is 1. The number of hydrogen-bond donors (Lipinski definition) is 1. The number of H-pyrrole nitrogens is 1. The molecule has 0 aliphatic carbocycles. The van der Waals surface area contributed by atoms with Crippen molar-refractivity contribution in [2.45, 2.75) is 32.0 Å². The van der Waals surface area contributed by atoms with E-state index in [-0.39, 0.29) is 23.3 Å². The molecule has 1 amide bonds. The molecule has 0 radical (unpaired) electrons. The summed E-state index contributed by atoms with van der Waals surface area (Å²) in [6, 6.07) is 9.81. The number of rotatable bonds is 6. The third-order valence-electron chi connectivity index (χ3n) is 5.70. The predicted octanol–water partition coefficient (Wildman–Crippen LogP) is 3.06. The lowest BCUT2D eigenvalue weighted by Gasteiger charge is -2.36. The van der Waals surface area contributed by atoms with Gasteiger partial charge in [-0.25, -0.2) is 4.98 Å². The highest BCUT2D eigenvalue weighted by atomic mass is 32.2. The quantitative estimate of drug-likeness (QED) is 0.454. The summed E-state index contributed by atoms with van der Waals surface area (Å²) in [5, 5.41) is 0.585. The second kappa shape index (κ2) is 9.28. The smallest absolute Gasteiger partial charge is 0.278 e. The Morgan fingerprint density at radius 3 is 2.50 bits per heavy atom. The number of anilines is 1. The number of nitrogens with zero attached hydrogens (tertiary/aromatic N) is 4. The van der Waals surface area contributed by atoms with E-state index in [2.05, 4.69) is 14.9 Å². The van der Waals surface area contributed by atoms with E-state index < -0.39 is 0 Å². The number of fused-ring (bicyclic) bond motifs is 1. The summed E-state index contributed by atoms with van der Waals surface area (Å²) in [5.74, 6) is 1.16. The first-order chi connectivity index (χ1) is 15.4. The van der Waals surface area contributed by atoms with Gasteiger partial charge < -0.3 is 19.5 Å². The van der Waals surface area contributed by atoms with Gasteiger partial charge in [-0.05, 0) is 51.1 Å². The lowest BCUT2D eigenvalue weighted by molar-refractivity contribution is -0.128. The summed E-state index contributed by atoms with van der Waals surface area (Å²) in [4.78, 5) is 37.7. The van der Waals surface area contributed by atoms with Gasteiger partial charge in [-0.3, -0.25) is 14.2 Å². The molecule has 32 heavy (non-hydrogen) atoms.